The molecule has 0 radical (unpaired) electrons. The molecule has 0 spiro atoms. The van der Waals surface area contributed by atoms with Crippen LogP contribution in [-0.2, 0) is 32.6 Å². The highest BCUT2D eigenvalue weighted by Crippen LogP contribution is 2.12. The van der Waals surface area contributed by atoms with E-state index >= 15 is 0 Å². The number of halogens is 1. The van der Waals surface area contributed by atoms with Crippen LogP contribution in [0.4, 0.5) is 5.69 Å². The van der Waals surface area contributed by atoms with Gasteiger partial charge in [-0.05, 0) is 29.7 Å². The van der Waals surface area contributed by atoms with Crippen molar-refractivity contribution < 1.29 is 17.9 Å². The Morgan fingerprint density at radius 1 is 1.04 bits per heavy atom. The fourth-order valence-corrected chi connectivity index (χ4v) is 2.93. The second kappa shape index (κ2) is 11.0. The van der Waals surface area contributed by atoms with Crippen LogP contribution in [0.25, 0.3) is 0 Å². The highest BCUT2D eigenvalue weighted by atomic mass is 35.5. The molecule has 8 heteroatoms. The molecular formula is C19H25ClN2O4S. The first-order valence-corrected chi connectivity index (χ1v) is 10.3. The maximum Gasteiger partial charge on any atom is 0.241 e. The van der Waals surface area contributed by atoms with Gasteiger partial charge in [-0.3, -0.25) is 4.79 Å². The summed E-state index contributed by atoms with van der Waals surface area (Å²) in [5.41, 5.74) is 8.43. The molecule has 1 amide bonds. The van der Waals surface area contributed by atoms with E-state index in [1.807, 2.05) is 42.5 Å². The number of sulfone groups is 1. The number of nitrogens with one attached hydrogen (secondary N) is 1. The summed E-state index contributed by atoms with van der Waals surface area (Å²) in [6.07, 6.45) is 1.21. The Balaban J connectivity index is 0.00000364. The van der Waals surface area contributed by atoms with Gasteiger partial charge >= 0.3 is 0 Å². The van der Waals surface area contributed by atoms with E-state index in [4.69, 9.17) is 10.5 Å². The number of amides is 1. The van der Waals surface area contributed by atoms with Crippen LogP contribution in [0, 0.1) is 0 Å². The summed E-state index contributed by atoms with van der Waals surface area (Å²) >= 11 is 0. The Bertz CT molecular complexity index is 811. The minimum Gasteiger partial charge on any atom is -0.372 e. The van der Waals surface area contributed by atoms with Gasteiger partial charge in [0.05, 0.1) is 25.0 Å². The van der Waals surface area contributed by atoms with Gasteiger partial charge in [-0.1, -0.05) is 42.5 Å². The van der Waals surface area contributed by atoms with Crippen molar-refractivity contribution in [3.63, 3.8) is 0 Å². The molecule has 0 aliphatic heterocycles. The molecule has 0 saturated heterocycles. The average molecular weight is 413 g/mol. The van der Waals surface area contributed by atoms with E-state index in [-0.39, 0.29) is 24.6 Å². The lowest BCUT2D eigenvalue weighted by molar-refractivity contribution is -0.117. The average Bonchev–Trinajstić information content (AvgIpc) is 2.61. The molecule has 0 aromatic heterocycles. The Morgan fingerprint density at radius 2 is 1.59 bits per heavy atom. The zero-order chi connectivity index (χ0) is 19.0. The number of ether oxygens (including phenoxy) is 1. The van der Waals surface area contributed by atoms with Gasteiger partial charge in [0.15, 0.2) is 0 Å². The zero-order valence-electron chi connectivity index (χ0n) is 15.1. The van der Waals surface area contributed by atoms with E-state index in [1.165, 1.54) is 0 Å². The molecule has 0 bridgehead atoms. The Morgan fingerprint density at radius 3 is 2.15 bits per heavy atom. The lowest BCUT2D eigenvalue weighted by Crippen LogP contribution is -2.37. The van der Waals surface area contributed by atoms with Gasteiger partial charge in [-0.2, -0.15) is 0 Å². The van der Waals surface area contributed by atoms with Crippen LogP contribution in [0.1, 0.15) is 17.5 Å². The van der Waals surface area contributed by atoms with Crippen molar-refractivity contribution in [3.05, 3.63) is 65.7 Å². The van der Waals surface area contributed by atoms with Crippen molar-refractivity contribution in [1.29, 1.82) is 0 Å². The molecule has 2 aromatic rings. The van der Waals surface area contributed by atoms with Crippen molar-refractivity contribution >= 4 is 33.8 Å². The van der Waals surface area contributed by atoms with Gasteiger partial charge in [0, 0.05) is 11.9 Å². The van der Waals surface area contributed by atoms with Crippen LogP contribution in [-0.4, -0.2) is 32.4 Å². The molecule has 2 aromatic carbocycles. The van der Waals surface area contributed by atoms with E-state index in [0.717, 1.165) is 17.4 Å². The van der Waals surface area contributed by atoms with Gasteiger partial charge < -0.3 is 15.8 Å². The molecule has 1 atom stereocenters. The van der Waals surface area contributed by atoms with E-state index in [1.54, 1.807) is 12.1 Å². The topological polar surface area (TPSA) is 98.5 Å². The third-order valence-corrected chi connectivity index (χ3v) is 4.72. The Hall–Kier alpha value is -1.93. The molecule has 0 aliphatic rings. The van der Waals surface area contributed by atoms with Gasteiger partial charge in [-0.25, -0.2) is 8.42 Å². The van der Waals surface area contributed by atoms with Crippen LogP contribution in [0.15, 0.2) is 54.6 Å². The molecule has 0 heterocycles. The first-order chi connectivity index (χ1) is 12.3. The van der Waals surface area contributed by atoms with Gasteiger partial charge in [0.2, 0.25) is 5.91 Å². The monoisotopic (exact) mass is 412 g/mol. The molecule has 0 aliphatic carbocycles. The van der Waals surface area contributed by atoms with Crippen molar-refractivity contribution in [3.8, 4) is 0 Å². The van der Waals surface area contributed by atoms with Crippen LogP contribution < -0.4 is 11.1 Å². The van der Waals surface area contributed by atoms with Crippen molar-refractivity contribution in [2.45, 2.75) is 25.7 Å². The largest absolute Gasteiger partial charge is 0.372 e. The van der Waals surface area contributed by atoms with Crippen LogP contribution in [0.3, 0.4) is 0 Å². The van der Waals surface area contributed by atoms with Crippen LogP contribution >= 0.6 is 12.4 Å². The van der Waals surface area contributed by atoms with E-state index in [2.05, 4.69) is 5.32 Å². The SMILES string of the molecule is CS(=O)(=O)CCC(N)C(=O)Nc1ccc(COCc2ccccc2)cc1.Cl. The number of benzene rings is 2. The van der Waals surface area contributed by atoms with E-state index in [0.29, 0.717) is 18.9 Å². The summed E-state index contributed by atoms with van der Waals surface area (Å²) in [6.45, 7) is 1.01. The summed E-state index contributed by atoms with van der Waals surface area (Å²) in [4.78, 5) is 12.0. The number of hydrogen-bond donors (Lipinski definition) is 2. The fourth-order valence-electron chi connectivity index (χ4n) is 2.25. The van der Waals surface area contributed by atoms with Crippen LogP contribution in [0.2, 0.25) is 0 Å². The third-order valence-electron chi connectivity index (χ3n) is 3.74. The van der Waals surface area contributed by atoms with E-state index < -0.39 is 21.8 Å². The molecule has 27 heavy (non-hydrogen) atoms. The molecule has 148 valence electrons. The molecule has 1 unspecified atom stereocenters. The van der Waals surface area contributed by atoms with Gasteiger partial charge in [0.25, 0.3) is 0 Å². The number of carbonyl (C=O) groups is 1. The van der Waals surface area contributed by atoms with Crippen LogP contribution in [0.5, 0.6) is 0 Å². The van der Waals surface area contributed by atoms with E-state index in [9.17, 15) is 13.2 Å². The van der Waals surface area contributed by atoms with Crippen molar-refractivity contribution in [1.82, 2.24) is 0 Å². The zero-order valence-corrected chi connectivity index (χ0v) is 16.8. The number of anilines is 1. The standard InChI is InChI=1S/C19H24N2O4S.ClH/c1-26(23,24)12-11-18(20)19(22)21-17-9-7-16(8-10-17)14-25-13-15-5-3-2-4-6-15;/h2-10,18H,11-14,20H2,1H3,(H,21,22);1H. The lowest BCUT2D eigenvalue weighted by atomic mass is 10.2. The second-order valence-corrected chi connectivity index (χ2v) is 8.45. The first kappa shape index (κ1) is 23.1. The predicted octanol–water partition coefficient (Wildman–Crippen LogP) is 2.53. The molecule has 0 saturated carbocycles. The smallest absolute Gasteiger partial charge is 0.241 e. The summed E-state index contributed by atoms with van der Waals surface area (Å²) < 4.78 is 27.9. The molecule has 2 rings (SSSR count). The fraction of sp³-hybridized carbons (Fsp3) is 0.316. The Kier molecular flexibility index (Phi) is 9.45. The highest BCUT2D eigenvalue weighted by molar-refractivity contribution is 7.90. The molecule has 6 nitrogen and oxygen atoms in total. The summed E-state index contributed by atoms with van der Waals surface area (Å²) in [6, 6.07) is 16.3. The maximum atomic E-state index is 12.0. The second-order valence-electron chi connectivity index (χ2n) is 6.19. The minimum absolute atomic E-state index is 0. The minimum atomic E-state index is -3.13. The van der Waals surface area contributed by atoms with Gasteiger partial charge in [-0.15, -0.1) is 12.4 Å². The quantitative estimate of drug-likeness (QED) is 0.659. The molecular weight excluding hydrogens is 388 g/mol. The highest BCUT2D eigenvalue weighted by Gasteiger charge is 2.16. The Labute approximate surface area is 166 Å². The lowest BCUT2D eigenvalue weighted by Gasteiger charge is -2.12. The number of carbonyl (C=O) groups excluding carboxylic acids is 1. The summed E-state index contributed by atoms with van der Waals surface area (Å²) in [5, 5.41) is 2.69. The summed E-state index contributed by atoms with van der Waals surface area (Å²) in [7, 11) is -3.13. The van der Waals surface area contributed by atoms with Crippen molar-refractivity contribution in [2.75, 3.05) is 17.3 Å². The molecule has 0 fully saturated rings. The number of nitrogens with two attached hydrogens (primary N) is 1. The first-order valence-electron chi connectivity index (χ1n) is 8.28. The van der Waals surface area contributed by atoms with Gasteiger partial charge in [0.1, 0.15) is 9.84 Å². The number of hydrogen-bond acceptors (Lipinski definition) is 5. The normalized spacial score (nSPS) is 12.1. The van der Waals surface area contributed by atoms with Crippen molar-refractivity contribution in [2.24, 2.45) is 5.73 Å². The summed E-state index contributed by atoms with van der Waals surface area (Å²) in [5.74, 6) is -0.513. The predicted molar refractivity (Wildman–Crippen MR) is 110 cm³/mol. The number of rotatable bonds is 9. The molecule has 3 N–H and O–H groups in total. The third kappa shape index (κ3) is 9.01. The maximum absolute atomic E-state index is 12.0.